The molecule has 112 valence electrons. The number of hydrogen-bond donors (Lipinski definition) is 1. The highest BCUT2D eigenvalue weighted by molar-refractivity contribution is 6.31. The molecule has 1 aromatic heterocycles. The molecular formula is C16H26ClN3. The molecule has 1 saturated heterocycles. The van der Waals surface area contributed by atoms with Gasteiger partial charge in [-0.1, -0.05) is 32.4 Å². The summed E-state index contributed by atoms with van der Waals surface area (Å²) in [5, 5.41) is 4.01. The van der Waals surface area contributed by atoms with Gasteiger partial charge in [0.2, 0.25) is 0 Å². The van der Waals surface area contributed by atoms with E-state index in [-0.39, 0.29) is 0 Å². The summed E-state index contributed by atoms with van der Waals surface area (Å²) in [7, 11) is 0. The lowest BCUT2D eigenvalue weighted by Crippen LogP contribution is -2.26. The lowest BCUT2D eigenvalue weighted by molar-refractivity contribution is 0.225. The fraction of sp³-hybridized carbons (Fsp3) is 0.688. The highest BCUT2D eigenvalue weighted by Gasteiger charge is 2.31. The molecule has 3 nitrogen and oxygen atoms in total. The third-order valence-corrected chi connectivity index (χ3v) is 4.49. The molecule has 0 radical (unpaired) electrons. The largest absolute Gasteiger partial charge is 0.370 e. The molecule has 1 aromatic rings. The van der Waals surface area contributed by atoms with Crippen LogP contribution < -0.4 is 5.32 Å². The number of rotatable bonds is 4. The quantitative estimate of drug-likeness (QED) is 0.909. The van der Waals surface area contributed by atoms with E-state index in [0.29, 0.717) is 5.41 Å². The Bertz CT molecular complexity index is 454. The van der Waals surface area contributed by atoms with Crippen molar-refractivity contribution >= 4 is 17.4 Å². The maximum atomic E-state index is 6.28. The second-order valence-corrected chi connectivity index (χ2v) is 7.15. The number of nitrogens with one attached hydrogen (secondary N) is 1. The lowest BCUT2D eigenvalue weighted by Gasteiger charge is -2.27. The number of halogens is 1. The molecule has 0 amide bonds. The molecule has 1 fully saturated rings. The van der Waals surface area contributed by atoms with E-state index < -0.39 is 0 Å². The maximum Gasteiger partial charge on any atom is 0.126 e. The van der Waals surface area contributed by atoms with Crippen LogP contribution in [0.15, 0.2) is 12.1 Å². The SMILES string of the molecule is CCNc1ccc(Cl)c(CN2CCC(C(C)(C)C)C2)n1. The minimum Gasteiger partial charge on any atom is -0.370 e. The van der Waals surface area contributed by atoms with E-state index in [9.17, 15) is 0 Å². The summed E-state index contributed by atoms with van der Waals surface area (Å²) in [6.45, 7) is 13.1. The first-order valence-corrected chi connectivity index (χ1v) is 7.89. The number of aromatic nitrogens is 1. The monoisotopic (exact) mass is 295 g/mol. The summed E-state index contributed by atoms with van der Waals surface area (Å²) in [6.07, 6.45) is 1.27. The molecular weight excluding hydrogens is 270 g/mol. The van der Waals surface area contributed by atoms with Crippen LogP contribution >= 0.6 is 11.6 Å². The summed E-state index contributed by atoms with van der Waals surface area (Å²) in [4.78, 5) is 7.10. The molecule has 0 aromatic carbocycles. The average Bonchev–Trinajstić information content (AvgIpc) is 2.82. The van der Waals surface area contributed by atoms with Crippen molar-refractivity contribution in [1.29, 1.82) is 0 Å². The molecule has 0 saturated carbocycles. The first-order valence-electron chi connectivity index (χ1n) is 7.51. The molecule has 0 spiro atoms. The fourth-order valence-corrected chi connectivity index (χ4v) is 2.93. The Morgan fingerprint density at radius 2 is 2.15 bits per heavy atom. The van der Waals surface area contributed by atoms with E-state index >= 15 is 0 Å². The molecule has 2 rings (SSSR count). The summed E-state index contributed by atoms with van der Waals surface area (Å²) in [6, 6.07) is 3.89. The molecule has 0 aliphatic carbocycles. The molecule has 1 aliphatic rings. The Morgan fingerprint density at radius 3 is 2.75 bits per heavy atom. The number of anilines is 1. The molecule has 1 aliphatic heterocycles. The number of nitrogens with zero attached hydrogens (tertiary/aromatic N) is 2. The normalized spacial score (nSPS) is 20.4. The molecule has 20 heavy (non-hydrogen) atoms. The smallest absolute Gasteiger partial charge is 0.126 e. The first kappa shape index (κ1) is 15.6. The second-order valence-electron chi connectivity index (χ2n) is 6.74. The Kier molecular flexibility index (Phi) is 4.92. The van der Waals surface area contributed by atoms with Gasteiger partial charge in [-0.25, -0.2) is 4.98 Å². The van der Waals surface area contributed by atoms with Crippen LogP contribution in [-0.4, -0.2) is 29.5 Å². The number of pyridine rings is 1. The summed E-state index contributed by atoms with van der Waals surface area (Å²) < 4.78 is 0. The van der Waals surface area contributed by atoms with Crippen LogP contribution in [0.2, 0.25) is 5.02 Å². The predicted molar refractivity (Wildman–Crippen MR) is 86.2 cm³/mol. The van der Waals surface area contributed by atoms with E-state index in [2.05, 4.69) is 42.9 Å². The lowest BCUT2D eigenvalue weighted by atomic mass is 9.80. The van der Waals surface area contributed by atoms with Gasteiger partial charge in [0.05, 0.1) is 10.7 Å². The topological polar surface area (TPSA) is 28.2 Å². The number of hydrogen-bond acceptors (Lipinski definition) is 3. The van der Waals surface area contributed by atoms with Crippen molar-refractivity contribution in [2.75, 3.05) is 25.0 Å². The van der Waals surface area contributed by atoms with Gasteiger partial charge >= 0.3 is 0 Å². The van der Waals surface area contributed by atoms with Gasteiger partial charge in [-0.05, 0) is 43.4 Å². The molecule has 2 heterocycles. The van der Waals surface area contributed by atoms with Gasteiger partial charge in [-0.2, -0.15) is 0 Å². The minimum atomic E-state index is 0.386. The Hall–Kier alpha value is -0.800. The fourth-order valence-electron chi connectivity index (χ4n) is 2.77. The molecule has 0 bridgehead atoms. The number of likely N-dealkylation sites (tertiary alicyclic amines) is 1. The average molecular weight is 296 g/mol. The Labute approximate surface area is 127 Å². The first-order chi connectivity index (χ1) is 9.40. The summed E-state index contributed by atoms with van der Waals surface area (Å²) in [5.41, 5.74) is 1.37. The standard InChI is InChI=1S/C16H26ClN3/c1-5-18-15-7-6-13(17)14(19-15)11-20-9-8-12(10-20)16(2,3)4/h6-7,12H,5,8-11H2,1-4H3,(H,18,19). The van der Waals surface area contributed by atoms with Crippen LogP contribution in [0.1, 0.15) is 39.8 Å². The van der Waals surface area contributed by atoms with E-state index in [4.69, 9.17) is 11.6 Å². The van der Waals surface area contributed by atoms with Crippen molar-refractivity contribution < 1.29 is 0 Å². The zero-order valence-electron chi connectivity index (χ0n) is 13.0. The summed E-state index contributed by atoms with van der Waals surface area (Å²) in [5.74, 6) is 1.68. The van der Waals surface area contributed by atoms with Crippen molar-refractivity contribution in [3.8, 4) is 0 Å². The zero-order chi connectivity index (χ0) is 14.8. The molecule has 1 atom stereocenters. The van der Waals surface area contributed by atoms with E-state index in [0.717, 1.165) is 48.6 Å². The van der Waals surface area contributed by atoms with Gasteiger partial charge in [-0.15, -0.1) is 0 Å². The Morgan fingerprint density at radius 1 is 1.40 bits per heavy atom. The third kappa shape index (κ3) is 3.86. The van der Waals surface area contributed by atoms with Crippen LogP contribution in [0.25, 0.3) is 0 Å². The predicted octanol–water partition coefficient (Wildman–Crippen LogP) is 4.03. The maximum absolute atomic E-state index is 6.28. The van der Waals surface area contributed by atoms with Crippen LogP contribution in [0.4, 0.5) is 5.82 Å². The second kappa shape index (κ2) is 6.31. The molecule has 1 N–H and O–H groups in total. The molecule has 4 heteroatoms. The van der Waals surface area contributed by atoms with Gasteiger partial charge in [-0.3, -0.25) is 4.90 Å². The van der Waals surface area contributed by atoms with Gasteiger partial charge in [0.1, 0.15) is 5.82 Å². The van der Waals surface area contributed by atoms with Crippen LogP contribution in [-0.2, 0) is 6.54 Å². The van der Waals surface area contributed by atoms with Gasteiger partial charge in [0.25, 0.3) is 0 Å². The van der Waals surface area contributed by atoms with Crippen LogP contribution in [0, 0.1) is 11.3 Å². The van der Waals surface area contributed by atoms with Crippen LogP contribution in [0.5, 0.6) is 0 Å². The van der Waals surface area contributed by atoms with Gasteiger partial charge < -0.3 is 5.32 Å². The van der Waals surface area contributed by atoms with Gasteiger partial charge in [0, 0.05) is 19.6 Å². The van der Waals surface area contributed by atoms with Crippen molar-refractivity contribution in [3.63, 3.8) is 0 Å². The Balaban J connectivity index is 2.02. The summed E-state index contributed by atoms with van der Waals surface area (Å²) >= 11 is 6.28. The van der Waals surface area contributed by atoms with Gasteiger partial charge in [0.15, 0.2) is 0 Å². The highest BCUT2D eigenvalue weighted by atomic mass is 35.5. The third-order valence-electron chi connectivity index (χ3n) is 4.15. The van der Waals surface area contributed by atoms with Crippen LogP contribution in [0.3, 0.4) is 0 Å². The van der Waals surface area contributed by atoms with Crippen molar-refractivity contribution in [2.45, 2.75) is 40.7 Å². The minimum absolute atomic E-state index is 0.386. The van der Waals surface area contributed by atoms with E-state index in [1.54, 1.807) is 0 Å². The molecule has 1 unspecified atom stereocenters. The van der Waals surface area contributed by atoms with Crippen molar-refractivity contribution in [1.82, 2.24) is 9.88 Å². The van der Waals surface area contributed by atoms with E-state index in [1.165, 1.54) is 6.42 Å². The zero-order valence-corrected chi connectivity index (χ0v) is 13.8. The van der Waals surface area contributed by atoms with Crippen molar-refractivity contribution in [2.24, 2.45) is 11.3 Å². The van der Waals surface area contributed by atoms with Crippen molar-refractivity contribution in [3.05, 3.63) is 22.8 Å². The highest BCUT2D eigenvalue weighted by Crippen LogP contribution is 2.34. The van der Waals surface area contributed by atoms with E-state index in [1.807, 2.05) is 12.1 Å².